The fourth-order valence-corrected chi connectivity index (χ4v) is 2.20. The molecular weight excluding hydrogens is 176 g/mol. The van der Waals surface area contributed by atoms with E-state index in [9.17, 15) is 4.21 Å². The Bertz CT molecular complexity index is 175. The van der Waals surface area contributed by atoms with E-state index < -0.39 is 11.3 Å². The molecule has 5 heteroatoms. The lowest BCUT2D eigenvalue weighted by atomic mass is 10.1. The molecular formula is C7H16N2O2S. The van der Waals surface area contributed by atoms with Crippen LogP contribution in [0.3, 0.4) is 0 Å². The molecule has 1 aliphatic heterocycles. The van der Waals surface area contributed by atoms with Crippen LogP contribution in [0.4, 0.5) is 0 Å². The van der Waals surface area contributed by atoms with Gasteiger partial charge in [0.2, 0.25) is 11.3 Å². The van der Waals surface area contributed by atoms with Gasteiger partial charge in [-0.1, -0.05) is 0 Å². The first-order valence-electron chi connectivity index (χ1n) is 4.10. The van der Waals surface area contributed by atoms with Crippen molar-refractivity contribution in [1.29, 1.82) is 0 Å². The topological polar surface area (TPSA) is 43.8 Å². The van der Waals surface area contributed by atoms with Gasteiger partial charge in [-0.05, 0) is 26.4 Å². The van der Waals surface area contributed by atoms with Crippen molar-refractivity contribution in [2.75, 3.05) is 33.7 Å². The maximum atomic E-state index is 10.7. The van der Waals surface area contributed by atoms with E-state index in [1.165, 1.54) is 0 Å². The monoisotopic (exact) mass is 192 g/mol. The van der Waals surface area contributed by atoms with Gasteiger partial charge in [0.05, 0.1) is 0 Å². The third-order valence-corrected chi connectivity index (χ3v) is 2.87. The molecule has 0 aromatic heterocycles. The zero-order valence-corrected chi connectivity index (χ0v) is 8.38. The normalized spacial score (nSPS) is 28.2. The Morgan fingerprint density at radius 2 is 2.33 bits per heavy atom. The first-order valence-corrected chi connectivity index (χ1v) is 5.16. The van der Waals surface area contributed by atoms with Crippen molar-refractivity contribution < 1.29 is 8.76 Å². The van der Waals surface area contributed by atoms with Gasteiger partial charge in [0.25, 0.3) is 0 Å². The summed E-state index contributed by atoms with van der Waals surface area (Å²) in [7, 11) is 4.05. The van der Waals surface area contributed by atoms with E-state index in [2.05, 4.69) is 4.90 Å². The third kappa shape index (κ3) is 2.82. The molecule has 2 atom stereocenters. The van der Waals surface area contributed by atoms with Gasteiger partial charge in [0.1, 0.15) is 0 Å². The van der Waals surface area contributed by atoms with Crippen molar-refractivity contribution >= 4 is 11.3 Å². The number of hydrogen-bond acceptors (Lipinski definition) is 2. The molecule has 1 fully saturated rings. The highest BCUT2D eigenvalue weighted by Crippen LogP contribution is 2.17. The predicted molar refractivity (Wildman–Crippen MR) is 49.0 cm³/mol. The standard InChI is InChI=1S/C7H16N2O2S/c1-8(2)5-7-3-4-9(6-7)12(10)11/h7H,3-6H2,1-2H3,(H,10,11). The van der Waals surface area contributed by atoms with Crippen molar-refractivity contribution in [1.82, 2.24) is 9.21 Å². The number of hydrogen-bond donors (Lipinski definition) is 1. The lowest BCUT2D eigenvalue weighted by Crippen LogP contribution is -2.26. The first-order chi connectivity index (χ1) is 5.59. The summed E-state index contributed by atoms with van der Waals surface area (Å²) in [5.74, 6) is 0.552. The van der Waals surface area contributed by atoms with Crippen molar-refractivity contribution in [3.8, 4) is 0 Å². The molecule has 0 saturated carbocycles. The molecule has 0 spiro atoms. The van der Waals surface area contributed by atoms with Gasteiger partial charge in [-0.25, -0.2) is 8.51 Å². The van der Waals surface area contributed by atoms with Gasteiger partial charge < -0.3 is 4.90 Å². The molecule has 12 heavy (non-hydrogen) atoms. The molecule has 4 nitrogen and oxygen atoms in total. The Morgan fingerprint density at radius 3 is 2.75 bits per heavy atom. The highest BCUT2D eigenvalue weighted by Gasteiger charge is 2.25. The maximum Gasteiger partial charge on any atom is 0.234 e. The van der Waals surface area contributed by atoms with Crippen molar-refractivity contribution in [2.45, 2.75) is 6.42 Å². The van der Waals surface area contributed by atoms with Crippen LogP contribution in [-0.4, -0.2) is 51.7 Å². The minimum Gasteiger partial charge on any atom is -0.309 e. The molecule has 72 valence electrons. The summed E-state index contributed by atoms with van der Waals surface area (Å²) < 4.78 is 21.1. The lowest BCUT2D eigenvalue weighted by molar-refractivity contribution is 0.328. The van der Waals surface area contributed by atoms with E-state index in [1.54, 1.807) is 4.31 Å². The highest BCUT2D eigenvalue weighted by molar-refractivity contribution is 7.76. The average Bonchev–Trinajstić information content (AvgIpc) is 2.34. The molecule has 0 aromatic rings. The predicted octanol–water partition coefficient (Wildman–Crippen LogP) is 0.00660. The molecule has 1 N–H and O–H groups in total. The lowest BCUT2D eigenvalue weighted by Gasteiger charge is -2.15. The Kier molecular flexibility index (Phi) is 3.64. The minimum atomic E-state index is -1.76. The Labute approximate surface area is 76.0 Å². The van der Waals surface area contributed by atoms with Gasteiger partial charge in [-0.3, -0.25) is 4.55 Å². The van der Waals surface area contributed by atoms with E-state index in [0.29, 0.717) is 5.92 Å². The van der Waals surface area contributed by atoms with Crippen LogP contribution in [-0.2, 0) is 11.3 Å². The first kappa shape index (κ1) is 10.1. The largest absolute Gasteiger partial charge is 0.309 e. The molecule has 0 amide bonds. The zero-order chi connectivity index (χ0) is 9.14. The smallest absolute Gasteiger partial charge is 0.234 e. The molecule has 0 bridgehead atoms. The second kappa shape index (κ2) is 4.32. The molecule has 2 unspecified atom stereocenters. The summed E-state index contributed by atoms with van der Waals surface area (Å²) in [6.45, 7) is 2.51. The number of rotatable bonds is 3. The van der Waals surface area contributed by atoms with Gasteiger partial charge >= 0.3 is 0 Å². The highest BCUT2D eigenvalue weighted by atomic mass is 32.2. The average molecular weight is 192 g/mol. The molecule has 0 aromatic carbocycles. The summed E-state index contributed by atoms with van der Waals surface area (Å²) in [5, 5.41) is 0. The fourth-order valence-electron chi connectivity index (χ4n) is 1.60. The van der Waals surface area contributed by atoms with E-state index in [4.69, 9.17) is 4.55 Å². The zero-order valence-electron chi connectivity index (χ0n) is 7.56. The van der Waals surface area contributed by atoms with Crippen LogP contribution in [0.5, 0.6) is 0 Å². The molecule has 1 saturated heterocycles. The third-order valence-electron chi connectivity index (χ3n) is 2.09. The minimum absolute atomic E-state index is 0.552. The quantitative estimate of drug-likeness (QED) is 0.640. The van der Waals surface area contributed by atoms with E-state index in [-0.39, 0.29) is 0 Å². The van der Waals surface area contributed by atoms with Crippen molar-refractivity contribution in [3.63, 3.8) is 0 Å². The van der Waals surface area contributed by atoms with Gasteiger partial charge in [0, 0.05) is 19.6 Å². The summed E-state index contributed by atoms with van der Waals surface area (Å²) in [5.41, 5.74) is 0. The fraction of sp³-hybridized carbons (Fsp3) is 1.00. The molecule has 0 radical (unpaired) electrons. The van der Waals surface area contributed by atoms with Crippen LogP contribution in [0, 0.1) is 5.92 Å². The molecule has 1 rings (SSSR count). The SMILES string of the molecule is CN(C)CC1CCN(S(=O)O)C1. The van der Waals surface area contributed by atoms with Gasteiger partial charge in [0.15, 0.2) is 0 Å². The molecule has 1 aliphatic rings. The number of nitrogens with zero attached hydrogens (tertiary/aromatic N) is 2. The summed E-state index contributed by atoms with van der Waals surface area (Å²) in [4.78, 5) is 2.12. The summed E-state index contributed by atoms with van der Waals surface area (Å²) in [6.07, 6.45) is 1.03. The van der Waals surface area contributed by atoms with Crippen LogP contribution in [0.1, 0.15) is 6.42 Å². The summed E-state index contributed by atoms with van der Waals surface area (Å²) >= 11 is -1.76. The molecule has 0 aliphatic carbocycles. The van der Waals surface area contributed by atoms with E-state index in [1.807, 2.05) is 14.1 Å². The van der Waals surface area contributed by atoms with Crippen LogP contribution in [0.15, 0.2) is 0 Å². The van der Waals surface area contributed by atoms with Gasteiger partial charge in [-0.2, -0.15) is 0 Å². The maximum absolute atomic E-state index is 10.7. The van der Waals surface area contributed by atoms with Crippen molar-refractivity contribution in [3.05, 3.63) is 0 Å². The summed E-state index contributed by atoms with van der Waals surface area (Å²) in [6, 6.07) is 0. The van der Waals surface area contributed by atoms with Gasteiger partial charge in [-0.15, -0.1) is 0 Å². The van der Waals surface area contributed by atoms with E-state index in [0.717, 1.165) is 26.1 Å². The second-order valence-corrected chi connectivity index (χ2v) is 4.51. The van der Waals surface area contributed by atoms with Crippen LogP contribution in [0.2, 0.25) is 0 Å². The van der Waals surface area contributed by atoms with E-state index >= 15 is 0 Å². The molecule has 1 heterocycles. The Morgan fingerprint density at radius 1 is 1.67 bits per heavy atom. The Balaban J connectivity index is 2.30. The van der Waals surface area contributed by atoms with Crippen molar-refractivity contribution in [2.24, 2.45) is 5.92 Å². The second-order valence-electron chi connectivity index (χ2n) is 3.54. The van der Waals surface area contributed by atoms with Crippen LogP contribution in [0.25, 0.3) is 0 Å². The van der Waals surface area contributed by atoms with Crippen LogP contribution >= 0.6 is 0 Å². The van der Waals surface area contributed by atoms with Crippen LogP contribution < -0.4 is 0 Å². The Hall–Kier alpha value is 0.0300.